The van der Waals surface area contributed by atoms with E-state index in [9.17, 15) is 5.11 Å². The van der Waals surface area contributed by atoms with E-state index in [0.717, 1.165) is 26.4 Å². The van der Waals surface area contributed by atoms with Crippen LogP contribution in [-0.2, 0) is 5.60 Å². The Hall–Kier alpha value is -3.20. The summed E-state index contributed by atoms with van der Waals surface area (Å²) in [7, 11) is 0. The highest BCUT2D eigenvalue weighted by Crippen LogP contribution is 2.52. The summed E-state index contributed by atoms with van der Waals surface area (Å²) in [4.78, 5) is 0. The fourth-order valence-corrected chi connectivity index (χ4v) is 5.12. The average molecular weight is 468 g/mol. The van der Waals surface area contributed by atoms with Crippen LogP contribution in [0.15, 0.2) is 114 Å². The molecule has 148 valence electrons. The molecule has 0 bridgehead atoms. The first-order chi connectivity index (χ1) is 17.2. The first-order valence-electron chi connectivity index (χ1n) is 12.5. The molecule has 0 radical (unpaired) electrons. The number of benzene rings is 5. The third-order valence-electron chi connectivity index (χ3n) is 6.04. The van der Waals surface area contributed by atoms with Gasteiger partial charge < -0.3 is 5.11 Å². The molecule has 1 unspecified atom stereocenters. The molecule has 5 aromatic carbocycles. The van der Waals surface area contributed by atoms with Crippen LogP contribution in [0.3, 0.4) is 0 Å². The van der Waals surface area contributed by atoms with Gasteiger partial charge in [-0.1, -0.05) is 113 Å². The van der Waals surface area contributed by atoms with E-state index in [4.69, 9.17) is 6.85 Å². The number of aliphatic hydroxyl groups is 1. The number of fused-ring (bicyclic) bond motifs is 2. The zero-order chi connectivity index (χ0) is 25.4. The fourth-order valence-electron chi connectivity index (χ4n) is 4.75. The average Bonchev–Trinajstić information content (AvgIpc) is 2.89. The number of hydrogen-bond acceptors (Lipinski definition) is 1. The van der Waals surface area contributed by atoms with Crippen LogP contribution < -0.4 is 0 Å². The highest BCUT2D eigenvalue weighted by atomic mass is 79.9. The second-order valence-corrected chi connectivity index (χ2v) is 8.57. The van der Waals surface area contributed by atoms with Crippen molar-refractivity contribution in [1.82, 2.24) is 0 Å². The molecule has 0 aliphatic heterocycles. The van der Waals surface area contributed by atoms with Crippen molar-refractivity contribution in [2.45, 2.75) is 5.60 Å². The van der Waals surface area contributed by atoms with Gasteiger partial charge in [0.2, 0.25) is 0 Å². The van der Waals surface area contributed by atoms with Crippen molar-refractivity contribution in [3.8, 4) is 22.3 Å². The van der Waals surface area contributed by atoms with E-state index in [-0.39, 0.29) is 17.6 Å². The smallest absolute Gasteiger partial charge is 0.142 e. The number of rotatable bonds is 2. The van der Waals surface area contributed by atoms with E-state index in [1.54, 1.807) is 24.3 Å². The van der Waals surface area contributed by atoms with Gasteiger partial charge in [0.05, 0.1) is 6.85 Å². The van der Waals surface area contributed by atoms with Crippen LogP contribution in [0.2, 0.25) is 0 Å². The second kappa shape index (κ2) is 6.91. The normalized spacial score (nSPS) is 19.1. The van der Waals surface area contributed by atoms with Gasteiger partial charge in [-0.3, -0.25) is 0 Å². The summed E-state index contributed by atoms with van der Waals surface area (Å²) in [6, 6.07) is 22.8. The minimum absolute atomic E-state index is 0.0626. The van der Waals surface area contributed by atoms with Crippen molar-refractivity contribution in [2.24, 2.45) is 0 Å². The van der Waals surface area contributed by atoms with Crippen LogP contribution in [0.1, 0.15) is 23.5 Å². The Morgan fingerprint density at radius 2 is 1.39 bits per heavy atom. The number of hydrogen-bond donors (Lipinski definition) is 1. The van der Waals surface area contributed by atoms with Gasteiger partial charge in [-0.15, -0.1) is 0 Å². The summed E-state index contributed by atoms with van der Waals surface area (Å²) in [5, 5.41) is 14.7. The van der Waals surface area contributed by atoms with Crippen LogP contribution in [0.25, 0.3) is 33.0 Å². The zero-order valence-electron chi connectivity index (χ0n) is 21.3. The molecule has 0 aromatic heterocycles. The lowest BCUT2D eigenvalue weighted by atomic mass is 9.69. The minimum Gasteiger partial charge on any atom is -0.376 e. The molecule has 1 aliphatic carbocycles. The van der Waals surface area contributed by atoms with Crippen molar-refractivity contribution in [3.63, 3.8) is 0 Å². The highest BCUT2D eigenvalue weighted by Gasteiger charge is 2.42. The van der Waals surface area contributed by atoms with Crippen molar-refractivity contribution >= 4 is 26.7 Å². The molecule has 2 heteroatoms. The summed E-state index contributed by atoms with van der Waals surface area (Å²) < 4.78 is 42.4. The standard InChI is InChI=1S/C29H19BrO/c30-21-16-17-23-24-13-6-10-20-11-7-15-26(28(20)24)29(31,27(23)18-21)25-14-5-4-12-22(25)19-8-2-1-3-9-19/h1-18,31H/i1D,2D,3D,8D,9D. The summed E-state index contributed by atoms with van der Waals surface area (Å²) in [6.45, 7) is 0. The minimum atomic E-state index is -1.65. The molecule has 0 heterocycles. The molecule has 0 saturated carbocycles. The van der Waals surface area contributed by atoms with Gasteiger partial charge in [0, 0.05) is 21.2 Å². The van der Waals surface area contributed by atoms with E-state index in [1.165, 1.54) is 0 Å². The molecule has 0 amide bonds. The van der Waals surface area contributed by atoms with E-state index >= 15 is 0 Å². The SMILES string of the molecule is [2H]c1c([2H])c([2H])c(-c2ccccc2C2(O)c3cc(Br)ccc3-c3cccc4cccc2c34)c([2H])c1[2H]. The first-order valence-corrected chi connectivity index (χ1v) is 10.8. The Kier molecular flexibility index (Phi) is 3.12. The van der Waals surface area contributed by atoms with E-state index < -0.39 is 23.7 Å². The predicted molar refractivity (Wildman–Crippen MR) is 131 cm³/mol. The Morgan fingerprint density at radius 3 is 2.23 bits per heavy atom. The van der Waals surface area contributed by atoms with Crippen LogP contribution in [0.5, 0.6) is 0 Å². The molecular formula is C29H19BrO. The third-order valence-corrected chi connectivity index (χ3v) is 6.54. The van der Waals surface area contributed by atoms with Crippen molar-refractivity contribution in [2.75, 3.05) is 0 Å². The molecule has 0 spiro atoms. The Labute approximate surface area is 196 Å². The van der Waals surface area contributed by atoms with Crippen LogP contribution in [0, 0.1) is 0 Å². The topological polar surface area (TPSA) is 20.2 Å². The van der Waals surface area contributed by atoms with Gasteiger partial charge in [-0.2, -0.15) is 0 Å². The molecule has 31 heavy (non-hydrogen) atoms. The largest absolute Gasteiger partial charge is 0.376 e. The molecule has 1 atom stereocenters. The number of halogens is 1. The lowest BCUT2D eigenvalue weighted by Crippen LogP contribution is -2.32. The summed E-state index contributed by atoms with van der Waals surface area (Å²) in [5.74, 6) is 0. The van der Waals surface area contributed by atoms with Crippen LogP contribution in [-0.4, -0.2) is 5.11 Å². The second-order valence-electron chi connectivity index (χ2n) is 7.66. The van der Waals surface area contributed by atoms with Crippen molar-refractivity contribution in [3.05, 3.63) is 130 Å². The molecular weight excluding hydrogens is 444 g/mol. The molecule has 0 fully saturated rings. The Bertz CT molecular complexity index is 1700. The first kappa shape index (κ1) is 14.0. The lowest BCUT2D eigenvalue weighted by Gasteiger charge is -2.38. The lowest BCUT2D eigenvalue weighted by molar-refractivity contribution is 0.127. The maximum Gasteiger partial charge on any atom is 0.142 e. The predicted octanol–water partition coefficient (Wildman–Crippen LogP) is 7.53. The van der Waals surface area contributed by atoms with Gasteiger partial charge >= 0.3 is 0 Å². The monoisotopic (exact) mass is 467 g/mol. The fraction of sp³-hybridized carbons (Fsp3) is 0.0345. The molecule has 1 N–H and O–H groups in total. The van der Waals surface area contributed by atoms with Crippen molar-refractivity contribution < 1.29 is 12.0 Å². The quantitative estimate of drug-likeness (QED) is 0.284. The maximum absolute atomic E-state index is 12.8. The van der Waals surface area contributed by atoms with Gasteiger partial charge in [0.1, 0.15) is 5.60 Å². The van der Waals surface area contributed by atoms with E-state index in [1.807, 2.05) is 54.6 Å². The Morgan fingerprint density at radius 1 is 0.677 bits per heavy atom. The van der Waals surface area contributed by atoms with Crippen LogP contribution in [0.4, 0.5) is 0 Å². The molecule has 0 saturated heterocycles. The molecule has 1 aliphatic rings. The summed E-state index contributed by atoms with van der Waals surface area (Å²) in [5.41, 5.74) is 2.48. The van der Waals surface area contributed by atoms with Gasteiger partial charge in [0.15, 0.2) is 0 Å². The maximum atomic E-state index is 12.8. The van der Waals surface area contributed by atoms with Gasteiger partial charge in [-0.25, -0.2) is 0 Å². The third kappa shape index (κ3) is 2.65. The molecule has 5 aromatic rings. The molecule has 6 rings (SSSR count). The van der Waals surface area contributed by atoms with Crippen molar-refractivity contribution in [1.29, 1.82) is 0 Å². The Balaban J connectivity index is 1.78. The van der Waals surface area contributed by atoms with Gasteiger partial charge in [-0.05, 0) is 45.2 Å². The highest BCUT2D eigenvalue weighted by molar-refractivity contribution is 9.10. The van der Waals surface area contributed by atoms with Crippen LogP contribution >= 0.6 is 15.9 Å². The van der Waals surface area contributed by atoms with E-state index in [0.29, 0.717) is 22.3 Å². The molecule has 1 nitrogen and oxygen atoms in total. The summed E-state index contributed by atoms with van der Waals surface area (Å²) in [6.07, 6.45) is 0. The summed E-state index contributed by atoms with van der Waals surface area (Å²) >= 11 is 3.56. The van der Waals surface area contributed by atoms with Gasteiger partial charge in [0.25, 0.3) is 0 Å². The zero-order valence-corrected chi connectivity index (χ0v) is 17.9. The van der Waals surface area contributed by atoms with E-state index in [2.05, 4.69) is 15.9 Å².